The van der Waals surface area contributed by atoms with Crippen molar-refractivity contribution in [1.82, 2.24) is 10.2 Å². The fraction of sp³-hybridized carbons (Fsp3) is 1.00. The predicted molar refractivity (Wildman–Crippen MR) is 71.8 cm³/mol. The topological polar surface area (TPSA) is 15.3 Å². The number of hydrogen-bond donors (Lipinski definition) is 1. The van der Waals surface area contributed by atoms with E-state index in [0.29, 0.717) is 12.1 Å². The molecule has 0 aromatic heterocycles. The summed E-state index contributed by atoms with van der Waals surface area (Å²) in [4.78, 5) is 2.57. The van der Waals surface area contributed by atoms with E-state index in [4.69, 9.17) is 0 Å². The van der Waals surface area contributed by atoms with Gasteiger partial charge in [0.15, 0.2) is 0 Å². The molecule has 96 valence electrons. The van der Waals surface area contributed by atoms with Gasteiger partial charge in [-0.15, -0.1) is 0 Å². The van der Waals surface area contributed by atoms with E-state index >= 15 is 0 Å². The molecule has 0 bridgehead atoms. The van der Waals surface area contributed by atoms with Gasteiger partial charge in [-0.2, -0.15) is 0 Å². The third kappa shape index (κ3) is 4.42. The molecule has 0 amide bonds. The highest BCUT2D eigenvalue weighted by Crippen LogP contribution is 2.20. The minimum absolute atomic E-state index is 0.678. The first-order valence-corrected chi connectivity index (χ1v) is 7.01. The zero-order valence-corrected chi connectivity index (χ0v) is 11.8. The second-order valence-corrected chi connectivity index (χ2v) is 5.78. The van der Waals surface area contributed by atoms with Crippen LogP contribution in [-0.2, 0) is 0 Å². The number of nitrogens with one attached hydrogen (secondary N) is 1. The van der Waals surface area contributed by atoms with Crippen molar-refractivity contribution in [2.45, 2.75) is 71.5 Å². The minimum Gasteiger partial charge on any atom is -0.312 e. The molecule has 1 aliphatic rings. The molecule has 0 saturated heterocycles. The second-order valence-electron chi connectivity index (χ2n) is 5.78. The summed E-state index contributed by atoms with van der Waals surface area (Å²) in [7, 11) is 2.29. The quantitative estimate of drug-likeness (QED) is 0.684. The van der Waals surface area contributed by atoms with Gasteiger partial charge in [0.1, 0.15) is 0 Å². The van der Waals surface area contributed by atoms with Crippen molar-refractivity contribution in [1.29, 1.82) is 0 Å². The summed E-state index contributed by atoms with van der Waals surface area (Å²) in [6.45, 7) is 10.4. The molecule has 2 atom stereocenters. The average molecular weight is 226 g/mol. The van der Waals surface area contributed by atoms with Crippen LogP contribution in [0.25, 0.3) is 0 Å². The van der Waals surface area contributed by atoms with E-state index in [-0.39, 0.29) is 0 Å². The van der Waals surface area contributed by atoms with Crippen molar-refractivity contribution >= 4 is 0 Å². The second kappa shape index (κ2) is 6.61. The highest BCUT2D eigenvalue weighted by atomic mass is 15.2. The minimum atomic E-state index is 0.678. The molecule has 2 heteroatoms. The molecule has 1 rings (SSSR count). The Hall–Kier alpha value is -0.0800. The largest absolute Gasteiger partial charge is 0.312 e. The summed E-state index contributed by atoms with van der Waals surface area (Å²) < 4.78 is 0. The Bertz CT molecular complexity index is 187. The highest BCUT2D eigenvalue weighted by Gasteiger charge is 2.25. The van der Waals surface area contributed by atoms with Gasteiger partial charge < -0.3 is 5.32 Å². The molecule has 16 heavy (non-hydrogen) atoms. The van der Waals surface area contributed by atoms with Crippen LogP contribution in [0, 0.1) is 5.92 Å². The first-order chi connectivity index (χ1) is 7.56. The van der Waals surface area contributed by atoms with Gasteiger partial charge in [-0.3, -0.25) is 4.90 Å². The first-order valence-electron chi connectivity index (χ1n) is 7.01. The molecule has 0 heterocycles. The lowest BCUT2D eigenvalue weighted by Gasteiger charge is -2.35. The lowest BCUT2D eigenvalue weighted by Crippen LogP contribution is -2.46. The molecule has 1 fully saturated rings. The average Bonchev–Trinajstić information content (AvgIpc) is 3.05. The van der Waals surface area contributed by atoms with Crippen molar-refractivity contribution in [3.63, 3.8) is 0 Å². The van der Waals surface area contributed by atoms with E-state index in [1.807, 2.05) is 0 Å². The molecule has 0 aromatic carbocycles. The third-order valence-corrected chi connectivity index (χ3v) is 4.02. The van der Waals surface area contributed by atoms with Crippen LogP contribution in [0.4, 0.5) is 0 Å². The molecule has 0 radical (unpaired) electrons. The maximum absolute atomic E-state index is 3.67. The Morgan fingerprint density at radius 3 is 2.31 bits per heavy atom. The van der Waals surface area contributed by atoms with Crippen LogP contribution < -0.4 is 5.32 Å². The Morgan fingerprint density at radius 1 is 1.25 bits per heavy atom. The monoisotopic (exact) mass is 226 g/mol. The van der Waals surface area contributed by atoms with Crippen LogP contribution in [0.2, 0.25) is 0 Å². The van der Waals surface area contributed by atoms with Crippen LogP contribution in [0.1, 0.15) is 53.4 Å². The maximum Gasteiger partial charge on any atom is 0.0220 e. The van der Waals surface area contributed by atoms with Gasteiger partial charge in [0.2, 0.25) is 0 Å². The molecule has 1 aliphatic carbocycles. The van der Waals surface area contributed by atoms with E-state index in [9.17, 15) is 0 Å². The molecular formula is C14H30N2. The Balaban J connectivity index is 2.38. The van der Waals surface area contributed by atoms with Gasteiger partial charge in [-0.25, -0.2) is 0 Å². The van der Waals surface area contributed by atoms with Crippen molar-refractivity contribution in [2.75, 3.05) is 13.6 Å². The SMILES string of the molecule is CCCC(CNC1CC1)N(C)C(C)C(C)C. The van der Waals surface area contributed by atoms with Gasteiger partial charge >= 0.3 is 0 Å². The maximum atomic E-state index is 3.67. The van der Waals surface area contributed by atoms with Crippen molar-refractivity contribution in [2.24, 2.45) is 5.92 Å². The predicted octanol–water partition coefficient (Wildman–Crippen LogP) is 2.88. The lowest BCUT2D eigenvalue weighted by atomic mass is 10.0. The van der Waals surface area contributed by atoms with Gasteiger partial charge in [0, 0.05) is 24.7 Å². The smallest absolute Gasteiger partial charge is 0.0220 e. The fourth-order valence-corrected chi connectivity index (χ4v) is 2.18. The fourth-order valence-electron chi connectivity index (χ4n) is 2.18. The molecular weight excluding hydrogens is 196 g/mol. The van der Waals surface area contributed by atoms with Crippen molar-refractivity contribution in [3.8, 4) is 0 Å². The van der Waals surface area contributed by atoms with Crippen molar-refractivity contribution in [3.05, 3.63) is 0 Å². The highest BCUT2D eigenvalue weighted by molar-refractivity contribution is 4.85. The zero-order valence-electron chi connectivity index (χ0n) is 11.8. The van der Waals surface area contributed by atoms with E-state index in [1.165, 1.54) is 32.2 Å². The van der Waals surface area contributed by atoms with E-state index in [0.717, 1.165) is 12.0 Å². The molecule has 0 aromatic rings. The lowest BCUT2D eigenvalue weighted by molar-refractivity contribution is 0.137. The molecule has 0 spiro atoms. The first kappa shape index (κ1) is 14.0. The number of rotatable bonds is 8. The number of likely N-dealkylation sites (N-methyl/N-ethyl adjacent to an activating group) is 1. The van der Waals surface area contributed by atoms with Crippen LogP contribution in [0.3, 0.4) is 0 Å². The Morgan fingerprint density at radius 2 is 1.88 bits per heavy atom. The normalized spacial score (nSPS) is 20.4. The van der Waals surface area contributed by atoms with Crippen LogP contribution >= 0.6 is 0 Å². The van der Waals surface area contributed by atoms with Crippen LogP contribution in [0.5, 0.6) is 0 Å². The summed E-state index contributed by atoms with van der Waals surface area (Å²) in [5.41, 5.74) is 0. The van der Waals surface area contributed by atoms with Crippen LogP contribution in [0.15, 0.2) is 0 Å². The summed E-state index contributed by atoms with van der Waals surface area (Å²) in [6, 6.07) is 2.22. The summed E-state index contributed by atoms with van der Waals surface area (Å²) >= 11 is 0. The molecule has 1 N–H and O–H groups in total. The number of nitrogens with zero attached hydrogens (tertiary/aromatic N) is 1. The van der Waals surface area contributed by atoms with E-state index in [1.54, 1.807) is 0 Å². The summed E-state index contributed by atoms with van der Waals surface area (Å²) in [5, 5.41) is 3.67. The van der Waals surface area contributed by atoms with Gasteiger partial charge in [-0.05, 0) is 39.2 Å². The number of hydrogen-bond acceptors (Lipinski definition) is 2. The molecule has 0 aliphatic heterocycles. The van der Waals surface area contributed by atoms with Crippen LogP contribution in [-0.4, -0.2) is 36.6 Å². The Kier molecular flexibility index (Phi) is 5.77. The van der Waals surface area contributed by atoms with Crippen molar-refractivity contribution < 1.29 is 0 Å². The molecule has 2 nitrogen and oxygen atoms in total. The molecule has 2 unspecified atom stereocenters. The van der Waals surface area contributed by atoms with E-state index in [2.05, 4.69) is 45.0 Å². The molecule has 1 saturated carbocycles. The summed E-state index contributed by atoms with van der Waals surface area (Å²) in [5.74, 6) is 0.741. The Labute approximate surface area is 102 Å². The van der Waals surface area contributed by atoms with Gasteiger partial charge in [0.05, 0.1) is 0 Å². The van der Waals surface area contributed by atoms with Gasteiger partial charge in [-0.1, -0.05) is 27.2 Å². The third-order valence-electron chi connectivity index (χ3n) is 4.02. The summed E-state index contributed by atoms with van der Waals surface area (Å²) in [6.07, 6.45) is 5.38. The zero-order chi connectivity index (χ0) is 12.1. The standard InChI is InChI=1S/C14H30N2/c1-6-7-14(10-15-13-8-9-13)16(5)12(4)11(2)3/h11-15H,6-10H2,1-5H3. The van der Waals surface area contributed by atoms with E-state index < -0.39 is 0 Å². The van der Waals surface area contributed by atoms with Gasteiger partial charge in [0.25, 0.3) is 0 Å².